The first-order valence-corrected chi connectivity index (χ1v) is 4.73. The van der Waals surface area contributed by atoms with Crippen molar-refractivity contribution in [3.05, 3.63) is 0 Å². The van der Waals surface area contributed by atoms with Crippen molar-refractivity contribution in [2.75, 3.05) is 19.6 Å². The van der Waals surface area contributed by atoms with E-state index in [0.717, 1.165) is 38.2 Å². The van der Waals surface area contributed by atoms with E-state index in [2.05, 4.69) is 4.81 Å². The molecule has 0 amide bonds. The van der Waals surface area contributed by atoms with E-state index < -0.39 is 0 Å². The monoisotopic (exact) mass is 168 g/mol. The minimum atomic E-state index is 0.606. The Labute approximate surface area is 74.6 Å². The van der Waals surface area contributed by atoms with Crippen LogP contribution in [-0.4, -0.2) is 38.0 Å². The van der Waals surface area contributed by atoms with E-state index in [0.29, 0.717) is 7.41 Å². The predicted molar refractivity (Wildman–Crippen MR) is 51.9 cm³/mol. The van der Waals surface area contributed by atoms with Crippen molar-refractivity contribution in [1.82, 2.24) is 4.81 Å². The van der Waals surface area contributed by atoms with E-state index in [4.69, 9.17) is 5.73 Å². The van der Waals surface area contributed by atoms with Gasteiger partial charge in [0.2, 0.25) is 0 Å². The summed E-state index contributed by atoms with van der Waals surface area (Å²) < 4.78 is 0. The summed E-state index contributed by atoms with van der Waals surface area (Å²) in [6.45, 7) is 2.95. The van der Waals surface area contributed by atoms with Crippen LogP contribution in [0.4, 0.5) is 0 Å². The number of hydrogen-bond acceptors (Lipinski definition) is 3. The molecule has 1 saturated heterocycles. The highest BCUT2D eigenvalue weighted by atomic mass is 16.1. The van der Waals surface area contributed by atoms with Gasteiger partial charge in [-0.2, -0.15) is 0 Å². The van der Waals surface area contributed by atoms with Crippen molar-refractivity contribution in [1.29, 1.82) is 0 Å². The second-order valence-electron chi connectivity index (χ2n) is 3.49. The molecule has 1 fully saturated rings. The highest BCUT2D eigenvalue weighted by Crippen LogP contribution is 2.18. The lowest BCUT2D eigenvalue weighted by atomic mass is 9.86. The van der Waals surface area contributed by atoms with Gasteiger partial charge in [-0.05, 0) is 44.8 Å². The van der Waals surface area contributed by atoms with Gasteiger partial charge in [-0.15, -0.1) is 0 Å². The van der Waals surface area contributed by atoms with Crippen LogP contribution in [-0.2, 0) is 4.79 Å². The molecule has 0 spiro atoms. The minimum Gasteiger partial charge on any atom is -0.339 e. The largest absolute Gasteiger partial charge is 0.339 e. The molecule has 0 aliphatic carbocycles. The van der Waals surface area contributed by atoms with Gasteiger partial charge in [0, 0.05) is 0 Å². The van der Waals surface area contributed by atoms with Crippen LogP contribution in [0.1, 0.15) is 19.3 Å². The number of carbonyl (C=O) groups is 1. The van der Waals surface area contributed by atoms with Crippen molar-refractivity contribution in [3.63, 3.8) is 0 Å². The van der Waals surface area contributed by atoms with Crippen molar-refractivity contribution in [2.24, 2.45) is 11.7 Å². The topological polar surface area (TPSA) is 46.3 Å². The Balaban J connectivity index is 2.15. The zero-order valence-electron chi connectivity index (χ0n) is 7.54. The molecule has 3 nitrogen and oxygen atoms in total. The molecule has 0 aromatic heterocycles. The maximum Gasteiger partial charge on any atom is 0.281 e. The number of nitrogens with two attached hydrogens (primary N) is 1. The van der Waals surface area contributed by atoms with Crippen LogP contribution in [0.5, 0.6) is 0 Å². The Hall–Kier alpha value is -0.345. The normalized spacial score (nSPS) is 20.8. The summed E-state index contributed by atoms with van der Waals surface area (Å²) in [7, 11) is 0.606. The van der Waals surface area contributed by atoms with Gasteiger partial charge in [0.15, 0.2) is 0 Å². The average Bonchev–Trinajstić information content (AvgIpc) is 2.09. The fourth-order valence-corrected chi connectivity index (χ4v) is 1.80. The lowest BCUT2D eigenvalue weighted by Gasteiger charge is -2.30. The number of piperidine rings is 1. The Morgan fingerprint density at radius 1 is 1.50 bits per heavy atom. The lowest BCUT2D eigenvalue weighted by Crippen LogP contribution is -2.37. The molecule has 0 aromatic rings. The van der Waals surface area contributed by atoms with Crippen LogP contribution in [0, 0.1) is 5.92 Å². The summed E-state index contributed by atoms with van der Waals surface area (Å²) in [6, 6.07) is 0. The standard InChI is InChI=1S/C8H17BN2O/c10-4-1-8-2-5-11(6-3-8)9-7-12/h7-9H,1-6,10H2. The highest BCUT2D eigenvalue weighted by molar-refractivity contribution is 6.64. The molecule has 68 valence electrons. The summed E-state index contributed by atoms with van der Waals surface area (Å²) in [5.41, 5.74) is 5.48. The van der Waals surface area contributed by atoms with E-state index in [-0.39, 0.29) is 0 Å². The van der Waals surface area contributed by atoms with E-state index in [1.54, 1.807) is 0 Å². The second kappa shape index (κ2) is 5.33. The zero-order valence-corrected chi connectivity index (χ0v) is 7.54. The third-order valence-electron chi connectivity index (χ3n) is 2.61. The summed E-state index contributed by atoms with van der Waals surface area (Å²) in [4.78, 5) is 12.4. The SMILES string of the molecule is NCCC1CCN(BC=O)CC1. The lowest BCUT2D eigenvalue weighted by molar-refractivity contribution is 0.271. The zero-order chi connectivity index (χ0) is 8.81. The molecule has 0 aromatic carbocycles. The van der Waals surface area contributed by atoms with Crippen molar-refractivity contribution < 1.29 is 4.79 Å². The number of nitrogens with zero attached hydrogens (tertiary/aromatic N) is 1. The first-order chi connectivity index (χ1) is 5.86. The fraction of sp³-hybridized carbons (Fsp3) is 0.875. The Kier molecular flexibility index (Phi) is 4.32. The van der Waals surface area contributed by atoms with Crippen LogP contribution in [0.15, 0.2) is 0 Å². The van der Waals surface area contributed by atoms with Gasteiger partial charge in [0.1, 0.15) is 0 Å². The average molecular weight is 168 g/mol. The number of carbonyl (C=O) groups excluding carboxylic acids is 1. The maximum absolute atomic E-state index is 10.2. The molecule has 2 N–H and O–H groups in total. The van der Waals surface area contributed by atoms with Gasteiger partial charge >= 0.3 is 0 Å². The molecule has 1 aliphatic heterocycles. The van der Waals surface area contributed by atoms with Crippen molar-refractivity contribution in [2.45, 2.75) is 19.3 Å². The van der Waals surface area contributed by atoms with Crippen LogP contribution >= 0.6 is 0 Å². The third-order valence-corrected chi connectivity index (χ3v) is 2.61. The maximum atomic E-state index is 10.2. The first-order valence-electron chi connectivity index (χ1n) is 4.73. The fourth-order valence-electron chi connectivity index (χ4n) is 1.80. The predicted octanol–water partition coefficient (Wildman–Crippen LogP) is -0.411. The molecule has 0 atom stereocenters. The summed E-state index contributed by atoms with van der Waals surface area (Å²) in [5, 5.41) is 0. The molecular weight excluding hydrogens is 151 g/mol. The Morgan fingerprint density at radius 2 is 2.17 bits per heavy atom. The first kappa shape index (κ1) is 9.74. The van der Waals surface area contributed by atoms with Crippen LogP contribution in [0.2, 0.25) is 0 Å². The van der Waals surface area contributed by atoms with Crippen molar-refractivity contribution in [3.8, 4) is 0 Å². The molecule has 1 aliphatic rings. The van der Waals surface area contributed by atoms with Gasteiger partial charge in [-0.25, -0.2) is 0 Å². The van der Waals surface area contributed by atoms with Gasteiger partial charge in [-0.3, -0.25) is 0 Å². The Bertz CT molecular complexity index is 135. The van der Waals surface area contributed by atoms with Crippen LogP contribution in [0.25, 0.3) is 0 Å². The van der Waals surface area contributed by atoms with Crippen LogP contribution in [0.3, 0.4) is 0 Å². The Morgan fingerprint density at radius 3 is 2.67 bits per heavy atom. The highest BCUT2D eigenvalue weighted by Gasteiger charge is 2.17. The van der Waals surface area contributed by atoms with E-state index >= 15 is 0 Å². The smallest absolute Gasteiger partial charge is 0.281 e. The summed E-state index contributed by atoms with van der Waals surface area (Å²) in [5.74, 6) is 0.804. The van der Waals surface area contributed by atoms with Crippen LogP contribution < -0.4 is 5.73 Å². The third kappa shape index (κ3) is 2.95. The molecule has 0 unspecified atom stereocenters. The molecule has 1 heterocycles. The molecule has 0 radical (unpaired) electrons. The molecule has 12 heavy (non-hydrogen) atoms. The summed E-state index contributed by atoms with van der Waals surface area (Å²) in [6.07, 6.45) is 4.56. The molecule has 0 saturated carbocycles. The van der Waals surface area contributed by atoms with Crippen molar-refractivity contribution >= 4 is 13.6 Å². The van der Waals surface area contributed by atoms with Gasteiger partial charge in [0.05, 0.1) is 6.19 Å². The molecule has 0 bridgehead atoms. The van der Waals surface area contributed by atoms with Gasteiger partial charge < -0.3 is 15.3 Å². The van der Waals surface area contributed by atoms with E-state index in [9.17, 15) is 4.79 Å². The minimum absolute atomic E-state index is 0.606. The van der Waals surface area contributed by atoms with E-state index in [1.807, 2.05) is 0 Å². The molecular formula is C8H17BN2O. The van der Waals surface area contributed by atoms with Gasteiger partial charge in [-0.1, -0.05) is 0 Å². The second-order valence-corrected chi connectivity index (χ2v) is 3.49. The van der Waals surface area contributed by atoms with Gasteiger partial charge in [0.25, 0.3) is 7.41 Å². The molecule has 4 heteroatoms. The van der Waals surface area contributed by atoms with E-state index in [1.165, 1.54) is 12.8 Å². The molecule has 1 rings (SSSR count). The number of hydrogen-bond donors (Lipinski definition) is 1. The number of rotatable bonds is 4. The summed E-state index contributed by atoms with van der Waals surface area (Å²) >= 11 is 0. The quantitative estimate of drug-likeness (QED) is 0.458.